The van der Waals surface area contributed by atoms with Gasteiger partial charge in [-0.1, -0.05) is 0 Å². The van der Waals surface area contributed by atoms with Gasteiger partial charge in [-0.25, -0.2) is 4.39 Å². The number of likely N-dealkylation sites (N-methyl/N-ethyl adjacent to an activating group) is 1. The maximum Gasteiger partial charge on any atom is 0.194 e. The van der Waals surface area contributed by atoms with Gasteiger partial charge >= 0.3 is 0 Å². The number of anilines is 1. The van der Waals surface area contributed by atoms with E-state index in [0.717, 1.165) is 70.6 Å². The molecule has 6 nitrogen and oxygen atoms in total. The number of nitrogens with zero attached hydrogens (tertiary/aromatic N) is 4. The quantitative estimate of drug-likeness (QED) is 0.559. The zero-order valence-corrected chi connectivity index (χ0v) is 16.2. The molecule has 0 saturated carbocycles. The second-order valence-electron chi connectivity index (χ2n) is 6.48. The van der Waals surface area contributed by atoms with Crippen molar-refractivity contribution in [3.63, 3.8) is 0 Å². The summed E-state index contributed by atoms with van der Waals surface area (Å²) in [7, 11) is 3.81. The average molecular weight is 365 g/mol. The van der Waals surface area contributed by atoms with Crippen LogP contribution in [0.3, 0.4) is 0 Å². The van der Waals surface area contributed by atoms with Crippen molar-refractivity contribution in [3.05, 3.63) is 30.1 Å². The summed E-state index contributed by atoms with van der Waals surface area (Å²) in [6, 6.07) is 6.74. The van der Waals surface area contributed by atoms with Crippen LogP contribution in [0.5, 0.6) is 0 Å². The largest absolute Gasteiger partial charge is 0.383 e. The summed E-state index contributed by atoms with van der Waals surface area (Å²) in [5.74, 6) is 0.788. The second-order valence-corrected chi connectivity index (χ2v) is 6.48. The third-order valence-corrected chi connectivity index (χ3v) is 4.53. The Morgan fingerprint density at radius 2 is 1.88 bits per heavy atom. The minimum atomic E-state index is -0.190. The number of rotatable bonds is 8. The molecule has 0 unspecified atom stereocenters. The van der Waals surface area contributed by atoms with E-state index in [2.05, 4.69) is 34.0 Å². The standard InChI is InChI=1S/C19H32FN5O/c1-4-21-19(22-9-10-23(2)15-16-26-3)25-13-11-24(12-14-25)18-7-5-17(20)6-8-18/h5-8H,4,9-16H2,1-3H3,(H,21,22). The topological polar surface area (TPSA) is 43.3 Å². The van der Waals surface area contributed by atoms with Gasteiger partial charge in [-0.3, -0.25) is 4.99 Å². The lowest BCUT2D eigenvalue weighted by Gasteiger charge is -2.37. The lowest BCUT2D eigenvalue weighted by molar-refractivity contribution is 0.163. The Labute approximate surface area is 156 Å². The highest BCUT2D eigenvalue weighted by Crippen LogP contribution is 2.16. The number of hydrogen-bond donors (Lipinski definition) is 1. The smallest absolute Gasteiger partial charge is 0.194 e. The number of benzene rings is 1. The van der Waals surface area contributed by atoms with E-state index in [-0.39, 0.29) is 5.82 Å². The summed E-state index contributed by atoms with van der Waals surface area (Å²) >= 11 is 0. The zero-order chi connectivity index (χ0) is 18.8. The Balaban J connectivity index is 1.84. The second kappa shape index (κ2) is 11.0. The van der Waals surface area contributed by atoms with Crippen LogP contribution in [0.25, 0.3) is 0 Å². The zero-order valence-electron chi connectivity index (χ0n) is 16.2. The van der Waals surface area contributed by atoms with Gasteiger partial charge in [0.05, 0.1) is 13.2 Å². The minimum absolute atomic E-state index is 0.190. The van der Waals surface area contributed by atoms with Crippen LogP contribution in [0.4, 0.5) is 10.1 Å². The van der Waals surface area contributed by atoms with Crippen molar-refractivity contribution in [2.24, 2.45) is 4.99 Å². The molecule has 1 N–H and O–H groups in total. The van der Waals surface area contributed by atoms with E-state index in [1.54, 1.807) is 7.11 Å². The summed E-state index contributed by atoms with van der Waals surface area (Å²) < 4.78 is 18.2. The molecule has 26 heavy (non-hydrogen) atoms. The molecule has 1 aliphatic heterocycles. The van der Waals surface area contributed by atoms with E-state index >= 15 is 0 Å². The fraction of sp³-hybridized carbons (Fsp3) is 0.632. The van der Waals surface area contributed by atoms with Crippen LogP contribution in [0.2, 0.25) is 0 Å². The molecule has 1 heterocycles. The van der Waals surface area contributed by atoms with Gasteiger partial charge in [0.1, 0.15) is 5.82 Å². The van der Waals surface area contributed by atoms with Gasteiger partial charge in [0.15, 0.2) is 5.96 Å². The molecule has 146 valence electrons. The minimum Gasteiger partial charge on any atom is -0.383 e. The third kappa shape index (κ3) is 6.46. The number of hydrogen-bond acceptors (Lipinski definition) is 4. The molecular weight excluding hydrogens is 333 g/mol. The van der Waals surface area contributed by atoms with Gasteiger partial charge in [-0.2, -0.15) is 0 Å². The van der Waals surface area contributed by atoms with Crippen LogP contribution in [0.1, 0.15) is 6.92 Å². The highest BCUT2D eigenvalue weighted by atomic mass is 19.1. The van der Waals surface area contributed by atoms with Crippen LogP contribution >= 0.6 is 0 Å². The molecular formula is C19H32FN5O. The average Bonchev–Trinajstić information content (AvgIpc) is 2.66. The lowest BCUT2D eigenvalue weighted by atomic mass is 10.2. The summed E-state index contributed by atoms with van der Waals surface area (Å²) in [4.78, 5) is 11.6. The SMILES string of the molecule is CCNC(=NCCN(C)CCOC)N1CCN(c2ccc(F)cc2)CC1. The first kappa shape index (κ1) is 20.5. The molecule has 2 rings (SSSR count). The number of guanidine groups is 1. The summed E-state index contributed by atoms with van der Waals surface area (Å²) in [5, 5.41) is 3.40. The highest BCUT2D eigenvalue weighted by molar-refractivity contribution is 5.80. The van der Waals surface area contributed by atoms with E-state index in [4.69, 9.17) is 9.73 Å². The molecule has 1 aliphatic rings. The van der Waals surface area contributed by atoms with Gasteiger partial charge in [-0.05, 0) is 38.2 Å². The van der Waals surface area contributed by atoms with Gasteiger partial charge in [0, 0.05) is 58.6 Å². The van der Waals surface area contributed by atoms with Crippen molar-refractivity contribution in [1.82, 2.24) is 15.1 Å². The monoisotopic (exact) mass is 365 g/mol. The van der Waals surface area contributed by atoms with Crippen molar-refractivity contribution >= 4 is 11.6 Å². The molecule has 0 bridgehead atoms. The van der Waals surface area contributed by atoms with Crippen molar-refractivity contribution < 1.29 is 9.13 Å². The van der Waals surface area contributed by atoms with Crippen molar-refractivity contribution in [2.45, 2.75) is 6.92 Å². The number of piperazine rings is 1. The number of aliphatic imine (C=N–C) groups is 1. The molecule has 0 atom stereocenters. The molecule has 7 heteroatoms. The first-order valence-corrected chi connectivity index (χ1v) is 9.35. The predicted molar refractivity (Wildman–Crippen MR) is 106 cm³/mol. The van der Waals surface area contributed by atoms with Gasteiger partial charge < -0.3 is 24.8 Å². The van der Waals surface area contributed by atoms with Crippen molar-refractivity contribution in [3.8, 4) is 0 Å². The molecule has 1 saturated heterocycles. The van der Waals surface area contributed by atoms with E-state index in [1.165, 1.54) is 12.1 Å². The Kier molecular flexibility index (Phi) is 8.64. The third-order valence-electron chi connectivity index (χ3n) is 4.53. The van der Waals surface area contributed by atoms with Crippen molar-refractivity contribution in [2.75, 3.05) is 78.0 Å². The van der Waals surface area contributed by atoms with Crippen molar-refractivity contribution in [1.29, 1.82) is 0 Å². The summed E-state index contributed by atoms with van der Waals surface area (Å²) in [6.07, 6.45) is 0. The van der Waals surface area contributed by atoms with Crippen LogP contribution < -0.4 is 10.2 Å². The maximum absolute atomic E-state index is 13.1. The first-order chi connectivity index (χ1) is 12.6. The number of methoxy groups -OCH3 is 1. The Morgan fingerprint density at radius 1 is 1.19 bits per heavy atom. The van der Waals surface area contributed by atoms with Crippen LogP contribution in [-0.2, 0) is 4.74 Å². The Bertz CT molecular complexity index is 543. The van der Waals surface area contributed by atoms with Gasteiger partial charge in [-0.15, -0.1) is 0 Å². The van der Waals surface area contributed by atoms with E-state index in [0.29, 0.717) is 0 Å². The Hall–Kier alpha value is -1.86. The molecule has 0 aromatic heterocycles. The number of halogens is 1. The van der Waals surface area contributed by atoms with Gasteiger partial charge in [0.2, 0.25) is 0 Å². The van der Waals surface area contributed by atoms with Crippen LogP contribution in [0.15, 0.2) is 29.3 Å². The molecule has 0 radical (unpaired) electrons. The number of ether oxygens (including phenoxy) is 1. The predicted octanol–water partition coefficient (Wildman–Crippen LogP) is 1.49. The fourth-order valence-electron chi connectivity index (χ4n) is 2.94. The normalized spacial score (nSPS) is 15.7. The molecule has 1 fully saturated rings. The lowest BCUT2D eigenvalue weighted by Crippen LogP contribution is -2.52. The van der Waals surface area contributed by atoms with E-state index < -0.39 is 0 Å². The van der Waals surface area contributed by atoms with Crippen LogP contribution in [-0.4, -0.2) is 88.9 Å². The molecule has 0 amide bonds. The van der Waals surface area contributed by atoms with Crippen LogP contribution in [0, 0.1) is 5.82 Å². The fourth-order valence-corrected chi connectivity index (χ4v) is 2.94. The molecule has 1 aromatic carbocycles. The van der Waals surface area contributed by atoms with E-state index in [9.17, 15) is 4.39 Å². The number of nitrogens with one attached hydrogen (secondary N) is 1. The summed E-state index contributed by atoms with van der Waals surface area (Å²) in [6.45, 7) is 9.91. The maximum atomic E-state index is 13.1. The Morgan fingerprint density at radius 3 is 2.50 bits per heavy atom. The molecule has 0 aliphatic carbocycles. The van der Waals surface area contributed by atoms with Gasteiger partial charge in [0.25, 0.3) is 0 Å². The highest BCUT2D eigenvalue weighted by Gasteiger charge is 2.19. The van der Waals surface area contributed by atoms with E-state index in [1.807, 2.05) is 12.1 Å². The first-order valence-electron chi connectivity index (χ1n) is 9.35. The summed E-state index contributed by atoms with van der Waals surface area (Å²) in [5.41, 5.74) is 1.08. The molecule has 0 spiro atoms. The molecule has 1 aromatic rings.